The first-order chi connectivity index (χ1) is 9.94. The third-order valence-corrected chi connectivity index (χ3v) is 5.38. The average Bonchev–Trinajstić information content (AvgIpc) is 2.44. The number of nitrogens with two attached hydrogens (primary N) is 1. The minimum atomic E-state index is -0.500. The van der Waals surface area contributed by atoms with Crippen LogP contribution < -0.4 is 5.73 Å². The van der Waals surface area contributed by atoms with E-state index in [1.807, 2.05) is 4.90 Å². The Bertz CT molecular complexity index is 359. The van der Waals surface area contributed by atoms with Crippen LogP contribution in [0.1, 0.15) is 58.8 Å². The van der Waals surface area contributed by atoms with Crippen LogP contribution in [0.4, 0.5) is 0 Å². The SMILES string of the molecule is CC(C)C[C@H](CN)CC(=O)N1CCC2(O)CCCCC2C1. The van der Waals surface area contributed by atoms with Crippen molar-refractivity contribution in [1.29, 1.82) is 0 Å². The fraction of sp³-hybridized carbons (Fsp3) is 0.941. The number of hydrogen-bond acceptors (Lipinski definition) is 3. The van der Waals surface area contributed by atoms with Gasteiger partial charge in [-0.15, -0.1) is 0 Å². The molecule has 1 heterocycles. The smallest absolute Gasteiger partial charge is 0.222 e. The summed E-state index contributed by atoms with van der Waals surface area (Å²) in [5, 5.41) is 10.7. The lowest BCUT2D eigenvalue weighted by Crippen LogP contribution is -2.54. The van der Waals surface area contributed by atoms with Crippen molar-refractivity contribution >= 4 is 5.91 Å². The van der Waals surface area contributed by atoms with E-state index in [1.165, 1.54) is 6.42 Å². The second kappa shape index (κ2) is 7.10. The van der Waals surface area contributed by atoms with E-state index >= 15 is 0 Å². The van der Waals surface area contributed by atoms with Crippen LogP contribution in [0.5, 0.6) is 0 Å². The number of fused-ring (bicyclic) bond motifs is 1. The molecule has 21 heavy (non-hydrogen) atoms. The lowest BCUT2D eigenvalue weighted by atomic mass is 9.71. The van der Waals surface area contributed by atoms with Crippen molar-refractivity contribution in [1.82, 2.24) is 4.90 Å². The molecule has 2 aliphatic rings. The Hall–Kier alpha value is -0.610. The fourth-order valence-corrected chi connectivity index (χ4v) is 4.10. The van der Waals surface area contributed by atoms with Crippen LogP contribution >= 0.6 is 0 Å². The van der Waals surface area contributed by atoms with Crippen LogP contribution in [0.25, 0.3) is 0 Å². The first-order valence-electron chi connectivity index (χ1n) is 8.65. The summed E-state index contributed by atoms with van der Waals surface area (Å²) >= 11 is 0. The van der Waals surface area contributed by atoms with E-state index in [9.17, 15) is 9.90 Å². The first-order valence-corrected chi connectivity index (χ1v) is 8.65. The Morgan fingerprint density at radius 2 is 2.14 bits per heavy atom. The minimum Gasteiger partial charge on any atom is -0.389 e. The molecule has 1 saturated carbocycles. The molecule has 1 saturated heterocycles. The zero-order chi connectivity index (χ0) is 15.5. The number of carbonyl (C=O) groups excluding carboxylic acids is 1. The van der Waals surface area contributed by atoms with Crippen molar-refractivity contribution in [3.63, 3.8) is 0 Å². The Labute approximate surface area is 129 Å². The predicted molar refractivity (Wildman–Crippen MR) is 84.7 cm³/mol. The number of likely N-dealkylation sites (tertiary alicyclic amines) is 1. The molecule has 0 bridgehead atoms. The van der Waals surface area contributed by atoms with Gasteiger partial charge in [0.25, 0.3) is 0 Å². The van der Waals surface area contributed by atoms with Crippen LogP contribution in [0.15, 0.2) is 0 Å². The minimum absolute atomic E-state index is 0.235. The van der Waals surface area contributed by atoms with E-state index in [0.717, 1.165) is 38.6 Å². The highest BCUT2D eigenvalue weighted by molar-refractivity contribution is 5.76. The van der Waals surface area contributed by atoms with Gasteiger partial charge in [0.05, 0.1) is 5.60 Å². The first kappa shape index (κ1) is 16.8. The molecule has 0 aromatic heterocycles. The van der Waals surface area contributed by atoms with Crippen LogP contribution in [0, 0.1) is 17.8 Å². The number of carbonyl (C=O) groups is 1. The van der Waals surface area contributed by atoms with Gasteiger partial charge in [-0.2, -0.15) is 0 Å². The van der Waals surface area contributed by atoms with Crippen LogP contribution in [0.2, 0.25) is 0 Å². The molecule has 4 heteroatoms. The molecule has 1 aliphatic carbocycles. The molecule has 4 nitrogen and oxygen atoms in total. The summed E-state index contributed by atoms with van der Waals surface area (Å²) in [5.74, 6) is 1.39. The standard InChI is InChI=1S/C17H32N2O2/c1-13(2)9-14(11-18)10-16(20)19-8-7-17(21)6-4-3-5-15(17)12-19/h13-15,21H,3-12,18H2,1-2H3/t14-,15?,17?/m0/s1. The fourth-order valence-electron chi connectivity index (χ4n) is 4.10. The molecule has 122 valence electrons. The molecule has 2 rings (SSSR count). The van der Waals surface area contributed by atoms with Crippen molar-refractivity contribution < 1.29 is 9.90 Å². The molecular formula is C17H32N2O2. The topological polar surface area (TPSA) is 66.6 Å². The zero-order valence-corrected chi connectivity index (χ0v) is 13.7. The van der Waals surface area contributed by atoms with Gasteiger partial charge in [0.2, 0.25) is 5.91 Å². The van der Waals surface area contributed by atoms with Gasteiger partial charge in [-0.1, -0.05) is 26.7 Å². The van der Waals surface area contributed by atoms with Crippen LogP contribution in [0.3, 0.4) is 0 Å². The summed E-state index contributed by atoms with van der Waals surface area (Å²) in [4.78, 5) is 14.5. The summed E-state index contributed by atoms with van der Waals surface area (Å²) in [7, 11) is 0. The highest BCUT2D eigenvalue weighted by atomic mass is 16.3. The van der Waals surface area contributed by atoms with Gasteiger partial charge in [-0.25, -0.2) is 0 Å². The number of rotatable bonds is 5. The lowest BCUT2D eigenvalue weighted by molar-refractivity contribution is -0.144. The van der Waals surface area contributed by atoms with Gasteiger partial charge in [0.15, 0.2) is 0 Å². The number of piperidine rings is 1. The summed E-state index contributed by atoms with van der Waals surface area (Å²) in [6.45, 7) is 6.40. The van der Waals surface area contributed by atoms with Gasteiger partial charge in [-0.3, -0.25) is 4.79 Å². The third-order valence-electron chi connectivity index (χ3n) is 5.38. The average molecular weight is 296 g/mol. The van der Waals surface area contributed by atoms with Crippen molar-refractivity contribution in [2.24, 2.45) is 23.5 Å². The van der Waals surface area contributed by atoms with Gasteiger partial charge in [-0.05, 0) is 44.1 Å². The molecule has 0 aromatic carbocycles. The van der Waals surface area contributed by atoms with Gasteiger partial charge in [0, 0.05) is 25.4 Å². The molecular weight excluding hydrogens is 264 g/mol. The van der Waals surface area contributed by atoms with Crippen LogP contribution in [-0.2, 0) is 4.79 Å². The summed E-state index contributed by atoms with van der Waals surface area (Å²) in [5.41, 5.74) is 5.32. The number of nitrogens with zero attached hydrogens (tertiary/aromatic N) is 1. The maximum Gasteiger partial charge on any atom is 0.222 e. The third kappa shape index (κ3) is 4.19. The molecule has 0 aromatic rings. The quantitative estimate of drug-likeness (QED) is 0.817. The van der Waals surface area contributed by atoms with Gasteiger partial charge >= 0.3 is 0 Å². The molecule has 2 unspecified atom stereocenters. The normalized spacial score (nSPS) is 31.1. The van der Waals surface area contributed by atoms with Crippen molar-refractivity contribution in [3.8, 4) is 0 Å². The second-order valence-corrected chi connectivity index (χ2v) is 7.57. The molecule has 0 radical (unpaired) electrons. The molecule has 1 aliphatic heterocycles. The highest BCUT2D eigenvalue weighted by Gasteiger charge is 2.43. The summed E-state index contributed by atoms with van der Waals surface area (Å²) in [6.07, 6.45) is 6.63. The maximum absolute atomic E-state index is 12.5. The van der Waals surface area contributed by atoms with Gasteiger partial charge < -0.3 is 15.7 Å². The number of aliphatic hydroxyl groups is 1. The lowest BCUT2D eigenvalue weighted by Gasteiger charge is -2.47. The zero-order valence-electron chi connectivity index (χ0n) is 13.7. The second-order valence-electron chi connectivity index (χ2n) is 7.57. The van der Waals surface area contributed by atoms with E-state index in [2.05, 4.69) is 13.8 Å². The van der Waals surface area contributed by atoms with Crippen molar-refractivity contribution in [2.75, 3.05) is 19.6 Å². The van der Waals surface area contributed by atoms with E-state index < -0.39 is 5.60 Å². The molecule has 0 spiro atoms. The number of amides is 1. The number of hydrogen-bond donors (Lipinski definition) is 2. The molecule has 1 amide bonds. The largest absolute Gasteiger partial charge is 0.389 e. The van der Waals surface area contributed by atoms with E-state index in [-0.39, 0.29) is 11.8 Å². The maximum atomic E-state index is 12.5. The van der Waals surface area contributed by atoms with Gasteiger partial charge in [0.1, 0.15) is 0 Å². The van der Waals surface area contributed by atoms with Crippen molar-refractivity contribution in [2.45, 2.75) is 64.4 Å². The van der Waals surface area contributed by atoms with E-state index in [1.54, 1.807) is 0 Å². The molecule has 3 N–H and O–H groups in total. The Morgan fingerprint density at radius 3 is 2.81 bits per heavy atom. The monoisotopic (exact) mass is 296 g/mol. The van der Waals surface area contributed by atoms with Crippen molar-refractivity contribution in [3.05, 3.63) is 0 Å². The highest BCUT2D eigenvalue weighted by Crippen LogP contribution is 2.40. The predicted octanol–water partition coefficient (Wildman–Crippen LogP) is 2.15. The molecule has 3 atom stereocenters. The van der Waals surface area contributed by atoms with E-state index in [4.69, 9.17) is 5.73 Å². The Kier molecular flexibility index (Phi) is 5.67. The summed E-state index contributed by atoms with van der Waals surface area (Å²) in [6, 6.07) is 0. The van der Waals surface area contributed by atoms with Crippen LogP contribution in [-0.4, -0.2) is 41.1 Å². The molecule has 2 fully saturated rings. The Morgan fingerprint density at radius 1 is 1.38 bits per heavy atom. The van der Waals surface area contributed by atoms with E-state index in [0.29, 0.717) is 31.3 Å². The summed E-state index contributed by atoms with van der Waals surface area (Å²) < 4.78 is 0. The Balaban J connectivity index is 1.89.